The highest BCUT2D eigenvalue weighted by atomic mass is 35.5. The minimum atomic E-state index is 0.612. The molecule has 22 heavy (non-hydrogen) atoms. The van der Waals surface area contributed by atoms with Crippen molar-refractivity contribution in [3.05, 3.63) is 65.8 Å². The monoisotopic (exact) mass is 314 g/mol. The highest BCUT2D eigenvalue weighted by Gasteiger charge is 2.05. The molecule has 0 fully saturated rings. The molecule has 0 heterocycles. The van der Waals surface area contributed by atoms with E-state index in [1.807, 2.05) is 36.2 Å². The summed E-state index contributed by atoms with van der Waals surface area (Å²) in [4.78, 5) is 6.01. The lowest BCUT2D eigenvalue weighted by Crippen LogP contribution is -2.15. The van der Waals surface area contributed by atoms with Crippen LogP contribution in [0.1, 0.15) is 5.56 Å². The maximum Gasteiger partial charge on any atom is 0.137 e. The molecule has 0 saturated carbocycles. The Morgan fingerprint density at radius 2 is 2.00 bits per heavy atom. The first-order valence-electron chi connectivity index (χ1n) is 6.91. The van der Waals surface area contributed by atoms with Crippen molar-refractivity contribution in [2.45, 2.75) is 6.54 Å². The quantitative estimate of drug-likeness (QED) is 0.574. The van der Waals surface area contributed by atoms with Gasteiger partial charge in [-0.3, -0.25) is 0 Å². The molecule has 0 unspecified atom stereocenters. The average molecular weight is 315 g/mol. The Bertz CT molecular complexity index is 683. The van der Waals surface area contributed by atoms with E-state index in [9.17, 15) is 0 Å². The van der Waals surface area contributed by atoms with Crippen molar-refractivity contribution < 1.29 is 4.74 Å². The molecule has 0 aliphatic heterocycles. The van der Waals surface area contributed by atoms with Gasteiger partial charge in [-0.15, -0.1) is 0 Å². The van der Waals surface area contributed by atoms with E-state index in [-0.39, 0.29) is 0 Å². The Morgan fingerprint density at radius 3 is 2.68 bits per heavy atom. The van der Waals surface area contributed by atoms with Gasteiger partial charge in [0, 0.05) is 19.8 Å². The van der Waals surface area contributed by atoms with E-state index in [0.717, 1.165) is 17.7 Å². The number of hydrogen-bond acceptors (Lipinski definition) is 2. The summed E-state index contributed by atoms with van der Waals surface area (Å²) in [6.07, 6.45) is 3.27. The van der Waals surface area contributed by atoms with E-state index in [0.29, 0.717) is 10.8 Å². The Balaban J connectivity index is 2.22. The van der Waals surface area contributed by atoms with Crippen molar-refractivity contribution in [1.29, 1.82) is 0 Å². The maximum atomic E-state index is 6.20. The van der Waals surface area contributed by atoms with Crippen LogP contribution in [0.25, 0.3) is 11.1 Å². The lowest BCUT2D eigenvalue weighted by atomic mass is 10.0. The number of benzene rings is 2. The van der Waals surface area contributed by atoms with Gasteiger partial charge in [-0.05, 0) is 34.9 Å². The van der Waals surface area contributed by atoms with Gasteiger partial charge in [-0.2, -0.15) is 0 Å². The fraction of sp³-hybridized carbons (Fsp3) is 0.167. The summed E-state index contributed by atoms with van der Waals surface area (Å²) in [6.45, 7) is 4.34. The van der Waals surface area contributed by atoms with Gasteiger partial charge < -0.3 is 9.64 Å². The normalized spacial score (nSPS) is 10.7. The molecule has 0 radical (unpaired) electrons. The summed E-state index contributed by atoms with van der Waals surface area (Å²) in [5.74, 6) is 0.682. The van der Waals surface area contributed by atoms with Crippen molar-refractivity contribution in [2.75, 3.05) is 14.2 Å². The molecule has 0 amide bonds. The van der Waals surface area contributed by atoms with E-state index in [2.05, 4.69) is 29.8 Å². The Morgan fingerprint density at radius 1 is 1.23 bits per heavy atom. The molecule has 114 valence electrons. The summed E-state index contributed by atoms with van der Waals surface area (Å²) < 4.78 is 5.19. The molecule has 3 nitrogen and oxygen atoms in total. The largest absolute Gasteiger partial charge is 0.495 e. The zero-order valence-corrected chi connectivity index (χ0v) is 13.5. The van der Waals surface area contributed by atoms with E-state index in [4.69, 9.17) is 16.3 Å². The topological polar surface area (TPSA) is 24.8 Å². The minimum absolute atomic E-state index is 0.612. The molecule has 0 aromatic heterocycles. The zero-order valence-electron chi connectivity index (χ0n) is 12.8. The van der Waals surface area contributed by atoms with Gasteiger partial charge in [-0.1, -0.05) is 42.4 Å². The van der Waals surface area contributed by atoms with Gasteiger partial charge in [0.1, 0.15) is 5.75 Å². The summed E-state index contributed by atoms with van der Waals surface area (Å²) in [6, 6.07) is 14.2. The van der Waals surface area contributed by atoms with Crippen molar-refractivity contribution in [1.82, 2.24) is 4.90 Å². The Kier molecular flexibility index (Phi) is 5.61. The average Bonchev–Trinajstić information content (AvgIpc) is 2.53. The molecule has 0 aliphatic rings. The standard InChI is InChI=1S/C18H19ClN2O/c1-4-20-13-21(2)12-14-6-5-7-15(10-14)16-8-9-18(22-3)17(19)11-16/h4-11,13H,1,12H2,2-3H3/b20-13-. The van der Waals surface area contributed by atoms with E-state index in [1.165, 1.54) is 11.8 Å². The molecule has 4 heteroatoms. The Hall–Kier alpha value is -2.26. The third kappa shape index (κ3) is 4.12. The number of methoxy groups -OCH3 is 1. The molecule has 0 atom stereocenters. The molecular weight excluding hydrogens is 296 g/mol. The van der Waals surface area contributed by atoms with Crippen molar-refractivity contribution in [3.8, 4) is 16.9 Å². The fourth-order valence-electron chi connectivity index (χ4n) is 2.18. The van der Waals surface area contributed by atoms with E-state index in [1.54, 1.807) is 13.4 Å². The summed E-state index contributed by atoms with van der Waals surface area (Å²) in [7, 11) is 3.59. The maximum absolute atomic E-state index is 6.20. The second kappa shape index (κ2) is 7.66. The van der Waals surface area contributed by atoms with Gasteiger partial charge in [0.25, 0.3) is 0 Å². The number of rotatable bonds is 6. The van der Waals surface area contributed by atoms with Crippen molar-refractivity contribution >= 4 is 17.9 Å². The molecule has 2 rings (SSSR count). The van der Waals surface area contributed by atoms with Crippen LogP contribution in [0.5, 0.6) is 5.75 Å². The van der Waals surface area contributed by atoms with Gasteiger partial charge >= 0.3 is 0 Å². The molecule has 2 aromatic carbocycles. The SMILES string of the molecule is C=C/N=C\N(C)Cc1cccc(-c2ccc(OC)c(Cl)c2)c1. The highest BCUT2D eigenvalue weighted by molar-refractivity contribution is 6.32. The van der Waals surface area contributed by atoms with E-state index >= 15 is 0 Å². The van der Waals surface area contributed by atoms with Crippen LogP contribution in [0.15, 0.2) is 60.2 Å². The second-order valence-electron chi connectivity index (χ2n) is 4.91. The van der Waals surface area contributed by atoms with Gasteiger partial charge in [0.05, 0.1) is 18.5 Å². The number of hydrogen-bond donors (Lipinski definition) is 0. The Labute approximate surface area is 136 Å². The highest BCUT2D eigenvalue weighted by Crippen LogP contribution is 2.30. The lowest BCUT2D eigenvalue weighted by molar-refractivity contribution is 0.415. The zero-order chi connectivity index (χ0) is 15.9. The molecular formula is C18H19ClN2O. The molecule has 0 spiro atoms. The van der Waals surface area contributed by atoms with Gasteiger partial charge in [0.2, 0.25) is 0 Å². The van der Waals surface area contributed by atoms with Crippen molar-refractivity contribution in [3.63, 3.8) is 0 Å². The second-order valence-corrected chi connectivity index (χ2v) is 5.32. The van der Waals surface area contributed by atoms with Crippen LogP contribution in [-0.2, 0) is 6.54 Å². The first-order valence-corrected chi connectivity index (χ1v) is 7.29. The van der Waals surface area contributed by atoms with Crippen LogP contribution in [0.3, 0.4) is 0 Å². The number of halogens is 1. The molecule has 2 aromatic rings. The summed E-state index contributed by atoms with van der Waals surface area (Å²) in [5, 5.41) is 0.612. The fourth-order valence-corrected chi connectivity index (χ4v) is 2.44. The van der Waals surface area contributed by atoms with Crippen LogP contribution in [-0.4, -0.2) is 25.4 Å². The summed E-state index contributed by atoms with van der Waals surface area (Å²) in [5.41, 5.74) is 3.38. The van der Waals surface area contributed by atoms with Crippen LogP contribution in [0, 0.1) is 0 Å². The summed E-state index contributed by atoms with van der Waals surface area (Å²) >= 11 is 6.20. The van der Waals surface area contributed by atoms with Gasteiger partial charge in [-0.25, -0.2) is 4.99 Å². The predicted molar refractivity (Wildman–Crippen MR) is 93.6 cm³/mol. The van der Waals surface area contributed by atoms with Gasteiger partial charge in [0.15, 0.2) is 0 Å². The molecule has 0 N–H and O–H groups in total. The predicted octanol–water partition coefficient (Wildman–Crippen LogP) is 4.62. The first-order chi connectivity index (χ1) is 10.6. The van der Waals surface area contributed by atoms with Crippen LogP contribution in [0.2, 0.25) is 5.02 Å². The number of aliphatic imine (C=N–C) groups is 1. The molecule has 0 bridgehead atoms. The lowest BCUT2D eigenvalue weighted by Gasteiger charge is -2.14. The minimum Gasteiger partial charge on any atom is -0.495 e. The molecule has 0 aliphatic carbocycles. The first kappa shape index (κ1) is 16.1. The third-order valence-corrected chi connectivity index (χ3v) is 3.51. The molecule has 0 saturated heterocycles. The third-order valence-electron chi connectivity index (χ3n) is 3.21. The smallest absolute Gasteiger partial charge is 0.137 e. The van der Waals surface area contributed by atoms with Crippen molar-refractivity contribution in [2.24, 2.45) is 4.99 Å². The van der Waals surface area contributed by atoms with Crippen LogP contribution in [0.4, 0.5) is 0 Å². The number of nitrogens with zero attached hydrogens (tertiary/aromatic N) is 2. The van der Waals surface area contributed by atoms with Crippen LogP contribution < -0.4 is 4.74 Å². The van der Waals surface area contributed by atoms with Crippen LogP contribution >= 0.6 is 11.6 Å². The number of ether oxygens (including phenoxy) is 1. The van der Waals surface area contributed by atoms with E-state index < -0.39 is 0 Å².